The fraction of sp³-hybridized carbons (Fsp3) is 0.429. The first kappa shape index (κ1) is 10.9. The molecule has 0 saturated carbocycles. The molecule has 0 heterocycles. The summed E-state index contributed by atoms with van der Waals surface area (Å²) in [6.45, 7) is 6.56. The summed E-state index contributed by atoms with van der Waals surface area (Å²) in [5.41, 5.74) is 2.51. The van der Waals surface area contributed by atoms with Crippen LogP contribution in [0.15, 0.2) is 24.3 Å². The summed E-state index contributed by atoms with van der Waals surface area (Å²) in [5, 5.41) is 0. The summed E-state index contributed by atoms with van der Waals surface area (Å²) in [5.74, 6) is 6.92. The molecule has 0 nitrogen and oxygen atoms in total. The van der Waals surface area contributed by atoms with Gasteiger partial charge < -0.3 is 0 Å². The number of benzene rings is 1. The molecule has 0 aliphatic carbocycles. The minimum atomic E-state index is 0.604. The molecule has 0 unspecified atom stereocenters. The third-order valence-electron chi connectivity index (χ3n) is 2.19. The van der Waals surface area contributed by atoms with Gasteiger partial charge in [0.15, 0.2) is 0 Å². The van der Waals surface area contributed by atoms with Crippen LogP contribution in [-0.4, -0.2) is 0 Å². The number of hydrogen-bond donors (Lipinski definition) is 0. The minimum absolute atomic E-state index is 0.604. The summed E-state index contributed by atoms with van der Waals surface area (Å²) in [7, 11) is 0. The van der Waals surface area contributed by atoms with Crippen LogP contribution >= 0.6 is 0 Å². The van der Waals surface area contributed by atoms with Crippen LogP contribution < -0.4 is 0 Å². The SMILES string of the molecule is CCCC#Cc1ccc(C(C)C)cc1. The van der Waals surface area contributed by atoms with E-state index in [1.165, 1.54) is 5.56 Å². The van der Waals surface area contributed by atoms with E-state index in [2.05, 4.69) is 56.9 Å². The van der Waals surface area contributed by atoms with Crippen molar-refractivity contribution in [2.75, 3.05) is 0 Å². The highest BCUT2D eigenvalue weighted by Gasteiger charge is 1.96. The summed E-state index contributed by atoms with van der Waals surface area (Å²) in [6.07, 6.45) is 2.13. The Morgan fingerprint density at radius 1 is 1.14 bits per heavy atom. The first-order valence-corrected chi connectivity index (χ1v) is 5.33. The second-order valence-corrected chi connectivity index (χ2v) is 3.83. The lowest BCUT2D eigenvalue weighted by molar-refractivity contribution is 0.866. The van der Waals surface area contributed by atoms with Gasteiger partial charge in [-0.3, -0.25) is 0 Å². The quantitative estimate of drug-likeness (QED) is 0.613. The van der Waals surface area contributed by atoms with Gasteiger partial charge in [0.2, 0.25) is 0 Å². The molecule has 0 bridgehead atoms. The largest absolute Gasteiger partial charge is 0.0979 e. The van der Waals surface area contributed by atoms with Gasteiger partial charge in [-0.2, -0.15) is 0 Å². The van der Waals surface area contributed by atoms with Gasteiger partial charge in [-0.1, -0.05) is 44.7 Å². The third-order valence-corrected chi connectivity index (χ3v) is 2.19. The lowest BCUT2D eigenvalue weighted by Crippen LogP contribution is -1.86. The Bertz CT molecular complexity index is 319. The summed E-state index contributed by atoms with van der Waals surface area (Å²) >= 11 is 0. The van der Waals surface area contributed by atoms with Gasteiger partial charge in [-0.15, -0.1) is 0 Å². The molecule has 0 N–H and O–H groups in total. The smallest absolute Gasteiger partial charge is 0.0245 e. The van der Waals surface area contributed by atoms with Crippen molar-refractivity contribution < 1.29 is 0 Å². The summed E-state index contributed by atoms with van der Waals surface area (Å²) in [4.78, 5) is 0. The minimum Gasteiger partial charge on any atom is -0.0979 e. The Hall–Kier alpha value is -1.22. The zero-order valence-electron chi connectivity index (χ0n) is 9.30. The Kier molecular flexibility index (Phi) is 4.26. The molecule has 14 heavy (non-hydrogen) atoms. The number of rotatable bonds is 2. The average Bonchev–Trinajstić information content (AvgIpc) is 2.19. The van der Waals surface area contributed by atoms with Crippen LogP contribution in [-0.2, 0) is 0 Å². The highest BCUT2D eigenvalue weighted by Crippen LogP contribution is 2.14. The molecule has 0 radical (unpaired) electrons. The number of hydrogen-bond acceptors (Lipinski definition) is 0. The van der Waals surface area contributed by atoms with E-state index in [0.29, 0.717) is 5.92 Å². The molecule has 0 aromatic heterocycles. The van der Waals surface area contributed by atoms with Crippen LogP contribution in [0.4, 0.5) is 0 Å². The van der Waals surface area contributed by atoms with Gasteiger partial charge in [0, 0.05) is 12.0 Å². The molecule has 0 heteroatoms. The molecule has 0 saturated heterocycles. The lowest BCUT2D eigenvalue weighted by Gasteiger charge is -2.03. The zero-order valence-corrected chi connectivity index (χ0v) is 9.30. The van der Waals surface area contributed by atoms with Crippen molar-refractivity contribution in [3.8, 4) is 11.8 Å². The maximum Gasteiger partial charge on any atom is 0.0245 e. The van der Waals surface area contributed by atoms with Crippen LogP contribution in [0.3, 0.4) is 0 Å². The monoisotopic (exact) mass is 186 g/mol. The fourth-order valence-electron chi connectivity index (χ4n) is 1.24. The van der Waals surface area contributed by atoms with E-state index in [4.69, 9.17) is 0 Å². The van der Waals surface area contributed by atoms with Crippen molar-refractivity contribution in [1.29, 1.82) is 0 Å². The highest BCUT2D eigenvalue weighted by molar-refractivity contribution is 5.36. The Morgan fingerprint density at radius 3 is 2.29 bits per heavy atom. The average molecular weight is 186 g/mol. The molecule has 0 aliphatic heterocycles. The van der Waals surface area contributed by atoms with Gasteiger partial charge in [0.25, 0.3) is 0 Å². The van der Waals surface area contributed by atoms with E-state index in [1.54, 1.807) is 0 Å². The molecule has 1 aromatic carbocycles. The van der Waals surface area contributed by atoms with Crippen LogP contribution in [0, 0.1) is 11.8 Å². The van der Waals surface area contributed by atoms with E-state index in [1.807, 2.05) is 0 Å². The van der Waals surface area contributed by atoms with E-state index in [-0.39, 0.29) is 0 Å². The second kappa shape index (κ2) is 5.50. The van der Waals surface area contributed by atoms with Gasteiger partial charge in [0.05, 0.1) is 0 Å². The van der Waals surface area contributed by atoms with Gasteiger partial charge in [-0.25, -0.2) is 0 Å². The van der Waals surface area contributed by atoms with Crippen molar-refractivity contribution in [3.05, 3.63) is 35.4 Å². The van der Waals surface area contributed by atoms with Crippen molar-refractivity contribution in [3.63, 3.8) is 0 Å². The van der Waals surface area contributed by atoms with Crippen LogP contribution in [0.2, 0.25) is 0 Å². The number of unbranched alkanes of at least 4 members (excludes halogenated alkanes) is 1. The first-order valence-electron chi connectivity index (χ1n) is 5.33. The van der Waals surface area contributed by atoms with E-state index < -0.39 is 0 Å². The molecule has 74 valence electrons. The molecule has 0 atom stereocenters. The Balaban J connectivity index is 2.70. The maximum atomic E-state index is 3.16. The molecular weight excluding hydrogens is 168 g/mol. The van der Waals surface area contributed by atoms with Crippen molar-refractivity contribution in [2.24, 2.45) is 0 Å². The van der Waals surface area contributed by atoms with Gasteiger partial charge in [0.1, 0.15) is 0 Å². The topological polar surface area (TPSA) is 0 Å². The normalized spacial score (nSPS) is 9.71. The van der Waals surface area contributed by atoms with Crippen LogP contribution in [0.25, 0.3) is 0 Å². The van der Waals surface area contributed by atoms with Crippen LogP contribution in [0.5, 0.6) is 0 Å². The van der Waals surface area contributed by atoms with Gasteiger partial charge >= 0.3 is 0 Å². The van der Waals surface area contributed by atoms with Gasteiger partial charge in [-0.05, 0) is 30.0 Å². The first-order chi connectivity index (χ1) is 6.74. The molecule has 1 aromatic rings. The fourth-order valence-corrected chi connectivity index (χ4v) is 1.24. The summed E-state index contributed by atoms with van der Waals surface area (Å²) < 4.78 is 0. The molecule has 0 spiro atoms. The molecule has 0 fully saturated rings. The Labute approximate surface area is 87.4 Å². The summed E-state index contributed by atoms with van der Waals surface area (Å²) in [6, 6.07) is 8.55. The van der Waals surface area contributed by atoms with Crippen molar-refractivity contribution in [2.45, 2.75) is 39.5 Å². The molecule has 0 amide bonds. The maximum absolute atomic E-state index is 3.16. The van der Waals surface area contributed by atoms with E-state index in [0.717, 1.165) is 18.4 Å². The predicted molar refractivity (Wildman–Crippen MR) is 62.3 cm³/mol. The lowest BCUT2D eigenvalue weighted by atomic mass is 10.0. The predicted octanol–water partition coefficient (Wildman–Crippen LogP) is 3.96. The standard InChI is InChI=1S/C14H18/c1-4-5-6-7-13-8-10-14(11-9-13)12(2)3/h8-12H,4-5H2,1-3H3. The molecular formula is C14H18. The second-order valence-electron chi connectivity index (χ2n) is 3.83. The molecule has 1 rings (SSSR count). The van der Waals surface area contributed by atoms with Crippen LogP contribution in [0.1, 0.15) is 50.7 Å². The zero-order chi connectivity index (χ0) is 10.4. The molecule has 0 aliphatic rings. The van der Waals surface area contributed by atoms with E-state index in [9.17, 15) is 0 Å². The Morgan fingerprint density at radius 2 is 1.79 bits per heavy atom. The highest BCUT2D eigenvalue weighted by atomic mass is 14.0. The van der Waals surface area contributed by atoms with Crippen molar-refractivity contribution >= 4 is 0 Å². The van der Waals surface area contributed by atoms with E-state index >= 15 is 0 Å². The van der Waals surface area contributed by atoms with Crippen molar-refractivity contribution in [1.82, 2.24) is 0 Å². The third kappa shape index (κ3) is 3.26.